The summed E-state index contributed by atoms with van der Waals surface area (Å²) in [6, 6.07) is 15.9. The maximum absolute atomic E-state index is 13.6. The second-order valence-electron chi connectivity index (χ2n) is 8.88. The molecule has 0 aliphatic rings. The number of nitrogens with zero attached hydrogens (tertiary/aromatic N) is 2. The molecule has 0 spiro atoms. The van der Waals surface area contributed by atoms with Gasteiger partial charge in [-0.3, -0.25) is 4.79 Å². The summed E-state index contributed by atoms with van der Waals surface area (Å²) in [4.78, 5) is 30.1. The number of carbonyl (C=O) groups is 2. The minimum Gasteiger partial charge on any atom is -0.497 e. The summed E-state index contributed by atoms with van der Waals surface area (Å²) < 4.78 is 21.5. The fourth-order valence-corrected chi connectivity index (χ4v) is 3.97. The van der Waals surface area contributed by atoms with Crippen LogP contribution in [0.5, 0.6) is 17.2 Å². The Labute approximate surface area is 224 Å². The van der Waals surface area contributed by atoms with Gasteiger partial charge in [0.15, 0.2) is 11.5 Å². The van der Waals surface area contributed by atoms with Gasteiger partial charge in [0.2, 0.25) is 5.91 Å². The summed E-state index contributed by atoms with van der Waals surface area (Å²) in [7, 11) is 4.75. The van der Waals surface area contributed by atoms with Gasteiger partial charge in [0.25, 0.3) is 0 Å². The molecule has 9 nitrogen and oxygen atoms in total. The lowest BCUT2D eigenvalue weighted by molar-refractivity contribution is -0.133. The molecule has 1 unspecified atom stereocenters. The fourth-order valence-electron chi connectivity index (χ4n) is 3.97. The highest BCUT2D eigenvalue weighted by Gasteiger charge is 2.25. The van der Waals surface area contributed by atoms with Crippen LogP contribution in [0.2, 0.25) is 0 Å². The molecule has 0 saturated carbocycles. The standard InChI is InChI=1S/C29H37N3O6/c1-6-21(2)32(29(34)30-23-9-7-10-24(18-23)35-3)20-28(33)31(19-25-11-8-16-38-25)15-14-22-12-13-26(36-4)27(17-22)37-5/h7-13,16-18,21H,6,14-15,19-20H2,1-5H3,(H,30,34). The van der Waals surface area contributed by atoms with Crippen LogP contribution in [0.3, 0.4) is 0 Å². The predicted molar refractivity (Wildman–Crippen MR) is 146 cm³/mol. The highest BCUT2D eigenvalue weighted by molar-refractivity contribution is 5.92. The van der Waals surface area contributed by atoms with E-state index in [4.69, 9.17) is 18.6 Å². The van der Waals surface area contributed by atoms with Crippen molar-refractivity contribution in [2.75, 3.05) is 39.7 Å². The summed E-state index contributed by atoms with van der Waals surface area (Å²) >= 11 is 0. The highest BCUT2D eigenvalue weighted by Crippen LogP contribution is 2.28. The summed E-state index contributed by atoms with van der Waals surface area (Å²) in [5.74, 6) is 2.40. The largest absolute Gasteiger partial charge is 0.497 e. The fraction of sp³-hybridized carbons (Fsp3) is 0.379. The molecule has 1 aromatic heterocycles. The second kappa shape index (κ2) is 14.0. The lowest BCUT2D eigenvalue weighted by atomic mass is 10.1. The number of nitrogens with one attached hydrogen (secondary N) is 1. The van der Waals surface area contributed by atoms with Gasteiger partial charge in [-0.25, -0.2) is 4.79 Å². The molecule has 38 heavy (non-hydrogen) atoms. The third-order valence-electron chi connectivity index (χ3n) is 6.41. The van der Waals surface area contributed by atoms with Gasteiger partial charge in [0.05, 0.1) is 34.1 Å². The normalized spacial score (nSPS) is 11.4. The van der Waals surface area contributed by atoms with Crippen LogP contribution < -0.4 is 19.5 Å². The van der Waals surface area contributed by atoms with E-state index in [1.54, 1.807) is 67.7 Å². The molecule has 0 aliphatic carbocycles. The van der Waals surface area contributed by atoms with E-state index in [9.17, 15) is 9.59 Å². The van der Waals surface area contributed by atoms with Gasteiger partial charge in [-0.2, -0.15) is 0 Å². The van der Waals surface area contributed by atoms with Crippen LogP contribution in [0.15, 0.2) is 65.3 Å². The Bertz CT molecular complexity index is 1180. The van der Waals surface area contributed by atoms with Crippen molar-refractivity contribution >= 4 is 17.6 Å². The molecule has 1 heterocycles. The Morgan fingerprint density at radius 1 is 0.974 bits per heavy atom. The van der Waals surface area contributed by atoms with Crippen LogP contribution in [0.1, 0.15) is 31.6 Å². The van der Waals surface area contributed by atoms with E-state index in [0.717, 1.165) is 5.56 Å². The quantitative estimate of drug-likeness (QED) is 0.331. The number of benzene rings is 2. The number of rotatable bonds is 13. The number of anilines is 1. The van der Waals surface area contributed by atoms with Crippen molar-refractivity contribution < 1.29 is 28.2 Å². The number of amides is 3. The van der Waals surface area contributed by atoms with Crippen molar-refractivity contribution in [2.24, 2.45) is 0 Å². The topological polar surface area (TPSA) is 93.5 Å². The molecule has 0 bridgehead atoms. The number of methoxy groups -OCH3 is 3. The number of furan rings is 1. The Morgan fingerprint density at radius 3 is 2.42 bits per heavy atom. The lowest BCUT2D eigenvalue weighted by Gasteiger charge is -2.31. The van der Waals surface area contributed by atoms with Crippen molar-refractivity contribution in [2.45, 2.75) is 39.3 Å². The van der Waals surface area contributed by atoms with E-state index in [1.807, 2.05) is 38.1 Å². The van der Waals surface area contributed by atoms with E-state index in [2.05, 4.69) is 5.32 Å². The molecule has 0 radical (unpaired) electrons. The van der Waals surface area contributed by atoms with E-state index < -0.39 is 0 Å². The summed E-state index contributed by atoms with van der Waals surface area (Å²) in [6.07, 6.45) is 2.87. The molecule has 9 heteroatoms. The smallest absolute Gasteiger partial charge is 0.322 e. The Hall–Kier alpha value is -4.14. The molecule has 0 saturated heterocycles. The molecule has 3 aromatic rings. The Balaban J connectivity index is 1.76. The van der Waals surface area contributed by atoms with Crippen molar-refractivity contribution in [3.05, 3.63) is 72.2 Å². The van der Waals surface area contributed by atoms with Crippen molar-refractivity contribution in [3.63, 3.8) is 0 Å². The minimum absolute atomic E-state index is 0.0720. The lowest BCUT2D eigenvalue weighted by Crippen LogP contribution is -2.48. The summed E-state index contributed by atoms with van der Waals surface area (Å²) in [5.41, 5.74) is 1.59. The Kier molecular flexibility index (Phi) is 10.5. The van der Waals surface area contributed by atoms with E-state index >= 15 is 0 Å². The van der Waals surface area contributed by atoms with E-state index in [1.165, 1.54) is 0 Å². The molecule has 3 amide bonds. The van der Waals surface area contributed by atoms with Crippen LogP contribution in [-0.2, 0) is 17.8 Å². The van der Waals surface area contributed by atoms with Gasteiger partial charge in [-0.05, 0) is 61.7 Å². The predicted octanol–water partition coefficient (Wildman–Crippen LogP) is 5.21. The molecule has 3 rings (SSSR count). The SMILES string of the molecule is CCC(C)N(CC(=O)N(CCc1ccc(OC)c(OC)c1)Cc1ccco1)C(=O)Nc1cccc(OC)c1. The number of hydrogen-bond donors (Lipinski definition) is 1. The van der Waals surface area contributed by atoms with Crippen LogP contribution in [0.25, 0.3) is 0 Å². The molecule has 2 aromatic carbocycles. The highest BCUT2D eigenvalue weighted by atomic mass is 16.5. The second-order valence-corrected chi connectivity index (χ2v) is 8.88. The zero-order chi connectivity index (χ0) is 27.5. The van der Waals surface area contributed by atoms with Gasteiger partial charge in [-0.15, -0.1) is 0 Å². The molecular formula is C29H37N3O6. The zero-order valence-corrected chi connectivity index (χ0v) is 22.7. The molecule has 0 aliphatic heterocycles. The van der Waals surface area contributed by atoms with Gasteiger partial charge in [0, 0.05) is 24.3 Å². The first-order valence-electron chi connectivity index (χ1n) is 12.6. The molecule has 1 N–H and O–H groups in total. The summed E-state index contributed by atoms with van der Waals surface area (Å²) in [6.45, 7) is 4.57. The van der Waals surface area contributed by atoms with Crippen molar-refractivity contribution in [1.29, 1.82) is 0 Å². The molecule has 1 atom stereocenters. The average molecular weight is 524 g/mol. The first-order chi connectivity index (χ1) is 18.4. The van der Waals surface area contributed by atoms with Crippen LogP contribution >= 0.6 is 0 Å². The van der Waals surface area contributed by atoms with Gasteiger partial charge in [-0.1, -0.05) is 19.1 Å². The van der Waals surface area contributed by atoms with Crippen molar-refractivity contribution in [1.82, 2.24) is 9.80 Å². The first-order valence-corrected chi connectivity index (χ1v) is 12.6. The Morgan fingerprint density at radius 2 is 1.76 bits per heavy atom. The first kappa shape index (κ1) is 28.4. The monoisotopic (exact) mass is 523 g/mol. The minimum atomic E-state index is -0.348. The zero-order valence-electron chi connectivity index (χ0n) is 22.7. The molecular weight excluding hydrogens is 486 g/mol. The van der Waals surface area contributed by atoms with Crippen molar-refractivity contribution in [3.8, 4) is 17.2 Å². The van der Waals surface area contributed by atoms with Gasteiger partial charge in [0.1, 0.15) is 18.1 Å². The van der Waals surface area contributed by atoms with Crippen LogP contribution in [0, 0.1) is 0 Å². The van der Waals surface area contributed by atoms with Gasteiger partial charge >= 0.3 is 6.03 Å². The van der Waals surface area contributed by atoms with E-state index in [0.29, 0.717) is 54.6 Å². The average Bonchev–Trinajstić information content (AvgIpc) is 3.46. The van der Waals surface area contributed by atoms with Crippen LogP contribution in [-0.4, -0.2) is 62.2 Å². The number of hydrogen-bond acceptors (Lipinski definition) is 6. The number of carbonyl (C=O) groups excluding carboxylic acids is 2. The summed E-state index contributed by atoms with van der Waals surface area (Å²) in [5, 5.41) is 2.90. The van der Waals surface area contributed by atoms with E-state index in [-0.39, 0.29) is 24.5 Å². The number of urea groups is 1. The molecule has 204 valence electrons. The third kappa shape index (κ3) is 7.68. The third-order valence-corrected chi connectivity index (χ3v) is 6.41. The van der Waals surface area contributed by atoms with Crippen LogP contribution in [0.4, 0.5) is 10.5 Å². The maximum Gasteiger partial charge on any atom is 0.322 e. The molecule has 0 fully saturated rings. The number of ether oxygens (including phenoxy) is 3. The van der Waals surface area contributed by atoms with Gasteiger partial charge < -0.3 is 33.7 Å². The maximum atomic E-state index is 13.6.